The van der Waals surface area contributed by atoms with E-state index < -0.39 is 4.92 Å². The Balaban J connectivity index is 1.59. The van der Waals surface area contributed by atoms with Crippen molar-refractivity contribution in [2.24, 2.45) is 5.10 Å². The van der Waals surface area contributed by atoms with Gasteiger partial charge in [0.05, 0.1) is 11.1 Å². The Labute approximate surface area is 206 Å². The van der Waals surface area contributed by atoms with E-state index in [1.54, 1.807) is 30.5 Å². The van der Waals surface area contributed by atoms with Crippen LogP contribution < -0.4 is 16.1 Å². The lowest BCUT2D eigenvalue weighted by Gasteiger charge is -2.11. The number of hydrogen-bond acceptors (Lipinski definition) is 9. The number of nitrogens with zero attached hydrogens (tertiary/aromatic N) is 5. The number of nitrogens with one attached hydrogen (secondary N) is 3. The first-order chi connectivity index (χ1) is 16.9. The minimum atomic E-state index is -0.459. The Morgan fingerprint density at radius 1 is 0.829 bits per heavy atom. The molecule has 0 bridgehead atoms. The van der Waals surface area contributed by atoms with Crippen LogP contribution in [0.4, 0.5) is 34.9 Å². The van der Waals surface area contributed by atoms with Crippen molar-refractivity contribution in [2.45, 2.75) is 13.8 Å². The van der Waals surface area contributed by atoms with E-state index in [-0.39, 0.29) is 23.5 Å². The summed E-state index contributed by atoms with van der Waals surface area (Å²) in [5.41, 5.74) is 7.33. The van der Waals surface area contributed by atoms with Gasteiger partial charge in [-0.1, -0.05) is 29.8 Å². The maximum atomic E-state index is 10.9. The van der Waals surface area contributed by atoms with Gasteiger partial charge in [0, 0.05) is 28.5 Å². The van der Waals surface area contributed by atoms with Gasteiger partial charge >= 0.3 is 0 Å². The van der Waals surface area contributed by atoms with Gasteiger partial charge in [-0.05, 0) is 66.9 Å². The van der Waals surface area contributed by atoms with E-state index in [2.05, 4.69) is 36.1 Å². The molecular weight excluding hydrogens is 468 g/mol. The number of hydrazone groups is 1. The van der Waals surface area contributed by atoms with Gasteiger partial charge in [-0.3, -0.25) is 10.1 Å². The van der Waals surface area contributed by atoms with Crippen molar-refractivity contribution in [1.29, 1.82) is 0 Å². The van der Waals surface area contributed by atoms with E-state index in [1.807, 2.05) is 44.2 Å². The highest BCUT2D eigenvalue weighted by molar-refractivity contribution is 6.30. The van der Waals surface area contributed by atoms with Gasteiger partial charge in [-0.2, -0.15) is 20.1 Å². The van der Waals surface area contributed by atoms with Crippen molar-refractivity contribution >= 4 is 52.7 Å². The number of halogens is 1. The van der Waals surface area contributed by atoms with Crippen LogP contribution >= 0.6 is 11.6 Å². The predicted octanol–water partition coefficient (Wildman–Crippen LogP) is 5.98. The molecule has 11 heteroatoms. The first-order valence-electron chi connectivity index (χ1n) is 10.5. The van der Waals surface area contributed by atoms with E-state index in [9.17, 15) is 10.1 Å². The number of nitro benzene ring substituents is 1. The third kappa shape index (κ3) is 6.49. The first kappa shape index (κ1) is 23.6. The number of anilines is 5. The first-order valence-corrected chi connectivity index (χ1v) is 10.9. The van der Waals surface area contributed by atoms with Crippen molar-refractivity contribution in [3.05, 3.63) is 98.6 Å². The van der Waals surface area contributed by atoms with Crippen LogP contribution in [0.2, 0.25) is 5.02 Å². The lowest BCUT2D eigenvalue weighted by Crippen LogP contribution is -2.07. The van der Waals surface area contributed by atoms with E-state index in [4.69, 9.17) is 11.6 Å². The zero-order chi connectivity index (χ0) is 24.8. The molecule has 0 unspecified atom stereocenters. The van der Waals surface area contributed by atoms with Crippen LogP contribution in [0, 0.1) is 24.0 Å². The summed E-state index contributed by atoms with van der Waals surface area (Å²) < 4.78 is 0. The number of non-ortho nitro benzene ring substituents is 1. The lowest BCUT2D eigenvalue weighted by molar-refractivity contribution is -0.384. The normalized spacial score (nSPS) is 10.8. The molecule has 3 N–H and O–H groups in total. The molecule has 0 aliphatic rings. The highest BCUT2D eigenvalue weighted by Crippen LogP contribution is 2.22. The van der Waals surface area contributed by atoms with Crippen LogP contribution in [0.25, 0.3) is 0 Å². The summed E-state index contributed by atoms with van der Waals surface area (Å²) >= 11 is 5.92. The number of aromatic nitrogens is 3. The summed E-state index contributed by atoms with van der Waals surface area (Å²) in [6, 6.07) is 19.1. The topological polar surface area (TPSA) is 130 Å². The molecule has 1 heterocycles. The third-order valence-electron chi connectivity index (χ3n) is 4.98. The molecule has 0 saturated heterocycles. The molecule has 1 aromatic heterocycles. The summed E-state index contributed by atoms with van der Waals surface area (Å²) in [5, 5.41) is 22.0. The second-order valence-corrected chi connectivity index (χ2v) is 8.02. The number of benzene rings is 3. The average molecular weight is 489 g/mol. The highest BCUT2D eigenvalue weighted by atomic mass is 35.5. The van der Waals surface area contributed by atoms with E-state index in [0.717, 1.165) is 16.8 Å². The number of hydrogen-bond donors (Lipinski definition) is 3. The number of aryl methyl sites for hydroxylation is 2. The van der Waals surface area contributed by atoms with Gasteiger partial charge in [0.2, 0.25) is 17.8 Å². The fourth-order valence-electron chi connectivity index (χ4n) is 2.99. The van der Waals surface area contributed by atoms with Gasteiger partial charge in [-0.25, -0.2) is 5.43 Å². The molecule has 0 atom stereocenters. The molecule has 0 saturated carbocycles. The fraction of sp³-hybridized carbons (Fsp3) is 0.0833. The van der Waals surface area contributed by atoms with Crippen LogP contribution in [0.15, 0.2) is 71.8 Å². The SMILES string of the molecule is Cc1ccc(Nc2nc(N/N=C/c3ccc(Cl)cc3)nc(Nc3ccc([N+](=O)[O-])cc3)n2)cc1C. The number of rotatable bonds is 8. The molecule has 0 spiro atoms. The van der Waals surface area contributed by atoms with Crippen molar-refractivity contribution in [3.63, 3.8) is 0 Å². The summed E-state index contributed by atoms with van der Waals surface area (Å²) in [4.78, 5) is 23.6. The van der Waals surface area contributed by atoms with Gasteiger partial charge in [0.1, 0.15) is 0 Å². The van der Waals surface area contributed by atoms with E-state index >= 15 is 0 Å². The van der Waals surface area contributed by atoms with Crippen LogP contribution in [0.3, 0.4) is 0 Å². The Morgan fingerprint density at radius 2 is 1.43 bits per heavy atom. The Kier molecular flexibility index (Phi) is 7.12. The summed E-state index contributed by atoms with van der Waals surface area (Å²) in [6.07, 6.45) is 1.61. The van der Waals surface area contributed by atoms with Crippen LogP contribution in [-0.2, 0) is 0 Å². The minimum Gasteiger partial charge on any atom is -0.324 e. The molecule has 3 aromatic carbocycles. The maximum Gasteiger partial charge on any atom is 0.269 e. The summed E-state index contributed by atoms with van der Waals surface area (Å²) in [7, 11) is 0. The molecule has 0 aliphatic carbocycles. The van der Waals surface area contributed by atoms with Gasteiger partial charge in [-0.15, -0.1) is 0 Å². The van der Waals surface area contributed by atoms with Crippen LogP contribution in [0.5, 0.6) is 0 Å². The Morgan fingerprint density at radius 3 is 2.06 bits per heavy atom. The predicted molar refractivity (Wildman–Crippen MR) is 138 cm³/mol. The molecule has 0 aliphatic heterocycles. The second-order valence-electron chi connectivity index (χ2n) is 7.58. The summed E-state index contributed by atoms with van der Waals surface area (Å²) in [6.45, 7) is 4.06. The zero-order valence-electron chi connectivity index (χ0n) is 18.9. The maximum absolute atomic E-state index is 10.9. The monoisotopic (exact) mass is 488 g/mol. The van der Waals surface area contributed by atoms with Gasteiger partial charge < -0.3 is 10.6 Å². The molecule has 176 valence electrons. The van der Waals surface area contributed by atoms with Gasteiger partial charge in [0.15, 0.2) is 0 Å². The lowest BCUT2D eigenvalue weighted by atomic mass is 10.1. The largest absolute Gasteiger partial charge is 0.324 e. The Hall–Kier alpha value is -4.57. The third-order valence-corrected chi connectivity index (χ3v) is 5.23. The van der Waals surface area contributed by atoms with Crippen molar-refractivity contribution in [1.82, 2.24) is 15.0 Å². The highest BCUT2D eigenvalue weighted by Gasteiger charge is 2.10. The zero-order valence-corrected chi connectivity index (χ0v) is 19.6. The molecule has 4 aromatic rings. The van der Waals surface area contributed by atoms with Crippen LogP contribution in [-0.4, -0.2) is 26.1 Å². The minimum absolute atomic E-state index is 0.0119. The van der Waals surface area contributed by atoms with E-state index in [1.165, 1.54) is 17.7 Å². The molecule has 10 nitrogen and oxygen atoms in total. The second kappa shape index (κ2) is 10.6. The van der Waals surface area contributed by atoms with Crippen molar-refractivity contribution in [3.8, 4) is 0 Å². The average Bonchev–Trinajstić information content (AvgIpc) is 2.83. The molecule has 0 amide bonds. The number of nitro groups is 1. The quantitative estimate of drug-likeness (QED) is 0.157. The smallest absolute Gasteiger partial charge is 0.269 e. The molecule has 35 heavy (non-hydrogen) atoms. The Bertz CT molecular complexity index is 1380. The van der Waals surface area contributed by atoms with Crippen LogP contribution in [0.1, 0.15) is 16.7 Å². The molecule has 4 rings (SSSR count). The standard InChI is InChI=1S/C24H21ClN8O2/c1-15-3-8-20(13-16(15)2)28-23-29-22(27-19-9-11-21(12-10-19)33(34)35)30-24(31-23)32-26-14-17-4-6-18(25)7-5-17/h3-14H,1-2H3,(H3,27,28,29,30,31,32)/b26-14+. The molecule has 0 radical (unpaired) electrons. The fourth-order valence-corrected chi connectivity index (χ4v) is 3.12. The van der Waals surface area contributed by atoms with Gasteiger partial charge in [0.25, 0.3) is 5.69 Å². The van der Waals surface area contributed by atoms with E-state index in [0.29, 0.717) is 10.7 Å². The summed E-state index contributed by atoms with van der Waals surface area (Å²) in [5.74, 6) is 0.710. The van der Waals surface area contributed by atoms with Crippen molar-refractivity contribution in [2.75, 3.05) is 16.1 Å². The van der Waals surface area contributed by atoms with Crippen molar-refractivity contribution < 1.29 is 4.92 Å². The molecule has 0 fully saturated rings. The molecular formula is C24H21ClN8O2.